The highest BCUT2D eigenvalue weighted by atomic mass is 127. The summed E-state index contributed by atoms with van der Waals surface area (Å²) in [6, 6.07) is 15.3. The van der Waals surface area contributed by atoms with Gasteiger partial charge in [-0.2, -0.15) is 0 Å². The fourth-order valence-electron chi connectivity index (χ4n) is 3.77. The molecule has 0 unspecified atom stereocenters. The van der Waals surface area contributed by atoms with E-state index in [4.69, 9.17) is 9.83 Å². The Balaban J connectivity index is 1.79. The van der Waals surface area contributed by atoms with E-state index in [1.807, 2.05) is 31.2 Å². The summed E-state index contributed by atoms with van der Waals surface area (Å²) in [5, 5.41) is 20.7. The summed E-state index contributed by atoms with van der Waals surface area (Å²) < 4.78 is 21.7. The zero-order valence-corrected chi connectivity index (χ0v) is 20.8. The summed E-state index contributed by atoms with van der Waals surface area (Å²) in [6.07, 6.45) is 1.66. The molecule has 2 aromatic carbocycles. The Labute approximate surface area is 210 Å². The van der Waals surface area contributed by atoms with E-state index in [-0.39, 0.29) is 39.5 Å². The molecular weight excluding hydrogens is 568 g/mol. The van der Waals surface area contributed by atoms with Crippen LogP contribution >= 0.6 is 34.4 Å². The molecule has 0 bridgehead atoms. The number of fused-ring (bicyclic) bond motifs is 3. The van der Waals surface area contributed by atoms with Crippen LogP contribution in [0.3, 0.4) is 0 Å². The van der Waals surface area contributed by atoms with Crippen molar-refractivity contribution in [1.29, 1.82) is 5.41 Å². The van der Waals surface area contributed by atoms with Crippen molar-refractivity contribution >= 4 is 56.4 Å². The summed E-state index contributed by atoms with van der Waals surface area (Å²) in [7, 11) is 0. The maximum Gasteiger partial charge on any atom is 0.354 e. The molecule has 0 saturated heterocycles. The molecule has 0 aliphatic heterocycles. The van der Waals surface area contributed by atoms with Gasteiger partial charge >= 0.3 is 5.63 Å². The van der Waals surface area contributed by atoms with Gasteiger partial charge in [-0.15, -0.1) is 0 Å². The first-order valence-electron chi connectivity index (χ1n) is 10.2. The highest BCUT2D eigenvalue weighted by Crippen LogP contribution is 2.37. The van der Waals surface area contributed by atoms with Crippen molar-refractivity contribution in [3.63, 3.8) is 0 Å². The molecule has 5 aromatic rings. The number of pyridine rings is 2. The lowest BCUT2D eigenvalue weighted by atomic mass is 10.1. The summed E-state index contributed by atoms with van der Waals surface area (Å²) in [5.74, 6) is -0.662. The Bertz CT molecular complexity index is 1700. The van der Waals surface area contributed by atoms with Gasteiger partial charge in [0.2, 0.25) is 0 Å². The summed E-state index contributed by atoms with van der Waals surface area (Å²) >= 11 is 3.26. The van der Waals surface area contributed by atoms with Crippen LogP contribution in [0, 0.1) is 21.7 Å². The molecular formula is C25H17FIN3O3S. The van der Waals surface area contributed by atoms with E-state index >= 15 is 0 Å². The molecule has 34 heavy (non-hydrogen) atoms. The smallest absolute Gasteiger partial charge is 0.354 e. The molecule has 0 atom stereocenters. The molecule has 3 aromatic heterocycles. The third-order valence-electron chi connectivity index (χ3n) is 5.34. The van der Waals surface area contributed by atoms with Gasteiger partial charge in [0.15, 0.2) is 11.3 Å². The first-order valence-corrected chi connectivity index (χ1v) is 12.1. The van der Waals surface area contributed by atoms with Crippen LogP contribution in [0.15, 0.2) is 79.8 Å². The number of nitrogens with zero attached hydrogens (tertiary/aromatic N) is 2. The molecule has 170 valence electrons. The van der Waals surface area contributed by atoms with Crippen molar-refractivity contribution in [1.82, 2.24) is 9.55 Å². The van der Waals surface area contributed by atoms with Gasteiger partial charge in [0.1, 0.15) is 27.2 Å². The lowest BCUT2D eigenvalue weighted by Gasteiger charge is -2.15. The molecule has 5 rings (SSSR count). The summed E-state index contributed by atoms with van der Waals surface area (Å²) in [5.41, 5.74) is 1.38. The third kappa shape index (κ3) is 4.09. The van der Waals surface area contributed by atoms with Crippen LogP contribution in [0.5, 0.6) is 5.75 Å². The Morgan fingerprint density at radius 2 is 1.97 bits per heavy atom. The second-order valence-electron chi connectivity index (χ2n) is 7.78. The summed E-state index contributed by atoms with van der Waals surface area (Å²) in [4.78, 5) is 18.2. The minimum atomic E-state index is -0.688. The van der Waals surface area contributed by atoms with Crippen molar-refractivity contribution < 1.29 is 13.9 Å². The van der Waals surface area contributed by atoms with Crippen LogP contribution in [0.4, 0.5) is 4.39 Å². The van der Waals surface area contributed by atoms with E-state index in [1.54, 1.807) is 29.0 Å². The maximum absolute atomic E-state index is 13.4. The highest BCUT2D eigenvalue weighted by Gasteiger charge is 2.22. The van der Waals surface area contributed by atoms with Gasteiger partial charge in [-0.1, -0.05) is 30.0 Å². The molecule has 0 saturated carbocycles. The number of halogens is 2. The van der Waals surface area contributed by atoms with E-state index in [2.05, 4.69) is 27.6 Å². The van der Waals surface area contributed by atoms with E-state index in [0.717, 1.165) is 31.4 Å². The number of benzene rings is 2. The van der Waals surface area contributed by atoms with Gasteiger partial charge < -0.3 is 14.1 Å². The van der Waals surface area contributed by atoms with Crippen molar-refractivity contribution in [2.75, 3.05) is 0 Å². The minimum absolute atomic E-state index is 0.0105. The molecule has 6 nitrogen and oxygen atoms in total. The van der Waals surface area contributed by atoms with Crippen LogP contribution in [0.25, 0.3) is 22.0 Å². The first kappa shape index (κ1) is 22.6. The fraction of sp³-hybridized carbons (Fsp3) is 0.0800. The zero-order chi connectivity index (χ0) is 24.0. The fourth-order valence-corrected chi connectivity index (χ4v) is 5.41. The normalized spacial score (nSPS) is 11.4. The predicted octanol–water partition coefficient (Wildman–Crippen LogP) is 5.58. The summed E-state index contributed by atoms with van der Waals surface area (Å²) in [6.45, 7) is 2.08. The third-order valence-corrected chi connectivity index (χ3v) is 7.06. The topological polar surface area (TPSA) is 92.1 Å². The number of hydrogen-bond acceptors (Lipinski definition) is 6. The monoisotopic (exact) mass is 585 g/mol. The molecule has 0 aliphatic rings. The molecule has 0 spiro atoms. The van der Waals surface area contributed by atoms with Gasteiger partial charge in [-0.05, 0) is 77.0 Å². The van der Waals surface area contributed by atoms with Crippen molar-refractivity contribution in [2.24, 2.45) is 0 Å². The highest BCUT2D eigenvalue weighted by molar-refractivity contribution is 14.1. The molecule has 0 fully saturated rings. The van der Waals surface area contributed by atoms with Crippen LogP contribution in [-0.4, -0.2) is 14.7 Å². The first-order chi connectivity index (χ1) is 16.3. The lowest BCUT2D eigenvalue weighted by Crippen LogP contribution is -2.23. The van der Waals surface area contributed by atoms with Crippen LogP contribution < -0.4 is 11.1 Å². The van der Waals surface area contributed by atoms with E-state index in [1.165, 1.54) is 12.1 Å². The largest absolute Gasteiger partial charge is 0.506 e. The van der Waals surface area contributed by atoms with Gasteiger partial charge in [0.25, 0.3) is 0 Å². The second-order valence-corrected chi connectivity index (χ2v) is 10.1. The minimum Gasteiger partial charge on any atom is -0.506 e. The molecule has 2 N–H and O–H groups in total. The standard InChI is InChI=1S/C25H17FIN3O3S/c1-13-9-18-21-19(20(31)22(25(32)33-21)34-17-4-2-3-16(27)10-17)23(28)30(24(18)29-11-13)12-14-5-7-15(26)8-6-14/h2-11,28,31H,12H2,1H3. The van der Waals surface area contributed by atoms with Gasteiger partial charge in [0, 0.05) is 14.7 Å². The number of rotatable bonds is 4. The van der Waals surface area contributed by atoms with Crippen molar-refractivity contribution in [3.8, 4) is 5.75 Å². The molecule has 9 heteroatoms. The van der Waals surface area contributed by atoms with Crippen LogP contribution in [0.2, 0.25) is 0 Å². The maximum atomic E-state index is 13.4. The number of aryl methyl sites for hydroxylation is 1. The van der Waals surface area contributed by atoms with E-state index in [9.17, 15) is 14.3 Å². The van der Waals surface area contributed by atoms with Crippen LogP contribution in [0.1, 0.15) is 11.1 Å². The SMILES string of the molecule is Cc1cnc2c(c1)c1oc(=O)c(Sc3cccc(I)c3)c(O)c1c(=N)n2Cc1ccc(F)cc1. The number of aromatic hydroxyl groups is 1. The molecule has 0 amide bonds. The van der Waals surface area contributed by atoms with Gasteiger partial charge in [-0.25, -0.2) is 14.2 Å². The number of nitrogens with one attached hydrogen (secondary N) is 1. The molecule has 0 radical (unpaired) electrons. The average molecular weight is 585 g/mol. The van der Waals surface area contributed by atoms with E-state index in [0.29, 0.717) is 11.0 Å². The Morgan fingerprint density at radius 3 is 2.71 bits per heavy atom. The quantitative estimate of drug-likeness (QED) is 0.212. The molecule has 0 aliphatic carbocycles. The Kier molecular flexibility index (Phi) is 5.90. The van der Waals surface area contributed by atoms with Crippen molar-refractivity contribution in [2.45, 2.75) is 23.3 Å². The predicted molar refractivity (Wildman–Crippen MR) is 137 cm³/mol. The average Bonchev–Trinajstić information content (AvgIpc) is 2.80. The van der Waals surface area contributed by atoms with Gasteiger partial charge in [-0.3, -0.25) is 5.41 Å². The van der Waals surface area contributed by atoms with Gasteiger partial charge in [0.05, 0.1) is 11.9 Å². The van der Waals surface area contributed by atoms with Crippen molar-refractivity contribution in [3.05, 3.63) is 97.2 Å². The molecule has 3 heterocycles. The second kappa shape index (κ2) is 8.88. The number of aromatic nitrogens is 2. The Morgan fingerprint density at radius 1 is 1.21 bits per heavy atom. The van der Waals surface area contributed by atoms with Crippen LogP contribution in [-0.2, 0) is 6.54 Å². The zero-order valence-electron chi connectivity index (χ0n) is 17.8. The van der Waals surface area contributed by atoms with E-state index < -0.39 is 5.63 Å². The Hall–Kier alpha value is -3.18. The lowest BCUT2D eigenvalue weighted by molar-refractivity contribution is 0.446. The number of hydrogen-bond donors (Lipinski definition) is 2.